The molecule has 0 bridgehead atoms. The highest BCUT2D eigenvalue weighted by Crippen LogP contribution is 2.17. The topological polar surface area (TPSA) is 55.8 Å². The number of hydrogen-bond acceptors (Lipinski definition) is 3. The van der Waals surface area contributed by atoms with E-state index in [1.54, 1.807) is 0 Å². The number of fused-ring (bicyclic) bond motifs is 1. The maximum absolute atomic E-state index is 10.5. The normalized spacial score (nSPS) is 16.5. The van der Waals surface area contributed by atoms with Gasteiger partial charge in [-0.15, -0.1) is 0 Å². The third kappa shape index (κ3) is 4.43. The molecule has 1 aliphatic heterocycles. The van der Waals surface area contributed by atoms with Gasteiger partial charge < -0.3 is 10.4 Å². The lowest BCUT2D eigenvalue weighted by Crippen LogP contribution is -2.47. The number of nitrogens with one attached hydrogen (secondary N) is 1. The predicted molar refractivity (Wildman–Crippen MR) is 91.7 cm³/mol. The van der Waals surface area contributed by atoms with Gasteiger partial charge in [-0.25, -0.2) is 4.79 Å². The lowest BCUT2D eigenvalue weighted by Gasteiger charge is -2.34. The molecule has 5 nitrogen and oxygen atoms in total. The summed E-state index contributed by atoms with van der Waals surface area (Å²) < 4.78 is 0. The molecule has 0 saturated carbocycles. The number of amides is 1. The fourth-order valence-corrected chi connectivity index (χ4v) is 3.09. The summed E-state index contributed by atoms with van der Waals surface area (Å²) in [6.45, 7) is 6.31. The zero-order valence-corrected chi connectivity index (χ0v) is 13.2. The molecular weight excluding hydrogens is 290 g/mol. The minimum absolute atomic E-state index is 0.500. The van der Waals surface area contributed by atoms with E-state index in [1.807, 2.05) is 0 Å². The van der Waals surface area contributed by atoms with Gasteiger partial charge in [-0.2, -0.15) is 0 Å². The van der Waals surface area contributed by atoms with Crippen LogP contribution in [-0.2, 0) is 6.54 Å². The zero-order valence-electron chi connectivity index (χ0n) is 13.2. The van der Waals surface area contributed by atoms with Crippen LogP contribution in [0.3, 0.4) is 0 Å². The van der Waals surface area contributed by atoms with Gasteiger partial charge >= 0.3 is 6.09 Å². The van der Waals surface area contributed by atoms with Gasteiger partial charge in [0, 0.05) is 45.8 Å². The summed E-state index contributed by atoms with van der Waals surface area (Å²) in [4.78, 5) is 15.2. The highest BCUT2D eigenvalue weighted by Gasteiger charge is 2.16. The van der Waals surface area contributed by atoms with Crippen molar-refractivity contribution in [3.05, 3.63) is 48.0 Å². The van der Waals surface area contributed by atoms with Crippen LogP contribution in [0.4, 0.5) is 4.79 Å². The summed E-state index contributed by atoms with van der Waals surface area (Å²) in [5.41, 5.74) is 1.35. The molecule has 1 aliphatic rings. The van der Waals surface area contributed by atoms with E-state index in [-0.39, 0.29) is 0 Å². The number of piperazine rings is 1. The van der Waals surface area contributed by atoms with Crippen molar-refractivity contribution >= 4 is 16.9 Å². The SMILES string of the molecule is O=C(O)NCCN1CCN(Cc2ccc3ccccc3c2)CC1. The van der Waals surface area contributed by atoms with Crippen molar-refractivity contribution in [2.24, 2.45) is 0 Å². The third-order valence-electron chi connectivity index (χ3n) is 4.39. The van der Waals surface area contributed by atoms with Gasteiger partial charge in [0.15, 0.2) is 0 Å². The van der Waals surface area contributed by atoms with Gasteiger partial charge in [0.1, 0.15) is 0 Å². The molecule has 1 amide bonds. The second-order valence-corrected chi connectivity index (χ2v) is 6.03. The standard InChI is InChI=1S/C18H23N3O2/c22-18(23)19-7-8-20-9-11-21(12-10-20)14-15-5-6-16-3-1-2-4-17(16)13-15/h1-6,13,19H,7-12,14H2,(H,22,23). The van der Waals surface area contributed by atoms with Gasteiger partial charge in [-0.1, -0.05) is 36.4 Å². The highest BCUT2D eigenvalue weighted by molar-refractivity contribution is 5.82. The fourth-order valence-electron chi connectivity index (χ4n) is 3.09. The van der Waals surface area contributed by atoms with Gasteiger partial charge in [0.2, 0.25) is 0 Å². The first-order valence-corrected chi connectivity index (χ1v) is 8.10. The van der Waals surface area contributed by atoms with Crippen molar-refractivity contribution in [2.75, 3.05) is 39.3 Å². The van der Waals surface area contributed by atoms with E-state index in [2.05, 4.69) is 57.6 Å². The summed E-state index contributed by atoms with van der Waals surface area (Å²) in [6.07, 6.45) is -0.944. The van der Waals surface area contributed by atoms with E-state index >= 15 is 0 Å². The maximum Gasteiger partial charge on any atom is 0.404 e. The molecule has 0 atom stereocenters. The average Bonchev–Trinajstić information content (AvgIpc) is 2.56. The van der Waals surface area contributed by atoms with Crippen LogP contribution in [0.25, 0.3) is 10.8 Å². The van der Waals surface area contributed by atoms with E-state index in [1.165, 1.54) is 16.3 Å². The summed E-state index contributed by atoms with van der Waals surface area (Å²) in [5.74, 6) is 0. The van der Waals surface area contributed by atoms with Crippen LogP contribution >= 0.6 is 0 Å². The number of hydrogen-bond donors (Lipinski definition) is 2. The minimum Gasteiger partial charge on any atom is -0.465 e. The van der Waals surface area contributed by atoms with Gasteiger partial charge in [-0.3, -0.25) is 9.80 Å². The van der Waals surface area contributed by atoms with Crippen LogP contribution in [0.15, 0.2) is 42.5 Å². The van der Waals surface area contributed by atoms with Crippen molar-refractivity contribution in [3.63, 3.8) is 0 Å². The fraction of sp³-hybridized carbons (Fsp3) is 0.389. The molecule has 3 rings (SSSR count). The molecular formula is C18H23N3O2. The number of carboxylic acid groups (broad SMARTS) is 1. The molecule has 0 radical (unpaired) electrons. The van der Waals surface area contributed by atoms with Crippen molar-refractivity contribution in [2.45, 2.75) is 6.54 Å². The number of benzene rings is 2. The van der Waals surface area contributed by atoms with Crippen LogP contribution in [0.2, 0.25) is 0 Å². The largest absolute Gasteiger partial charge is 0.465 e. The van der Waals surface area contributed by atoms with Gasteiger partial charge in [-0.05, 0) is 22.4 Å². The van der Waals surface area contributed by atoms with E-state index in [0.717, 1.165) is 39.3 Å². The Hall–Kier alpha value is -2.11. The summed E-state index contributed by atoms with van der Waals surface area (Å²) in [7, 11) is 0. The van der Waals surface area contributed by atoms with Crippen LogP contribution in [0.1, 0.15) is 5.56 Å². The van der Waals surface area contributed by atoms with Gasteiger partial charge in [0.05, 0.1) is 0 Å². The average molecular weight is 313 g/mol. The molecule has 2 aromatic rings. The van der Waals surface area contributed by atoms with Crippen LogP contribution in [0.5, 0.6) is 0 Å². The van der Waals surface area contributed by atoms with Crippen molar-refractivity contribution in [1.82, 2.24) is 15.1 Å². The number of nitrogens with zero attached hydrogens (tertiary/aromatic N) is 2. The Morgan fingerprint density at radius 3 is 2.43 bits per heavy atom. The van der Waals surface area contributed by atoms with Crippen molar-refractivity contribution in [1.29, 1.82) is 0 Å². The summed E-state index contributed by atoms with van der Waals surface area (Å²) >= 11 is 0. The lowest BCUT2D eigenvalue weighted by atomic mass is 10.1. The molecule has 1 fully saturated rings. The molecule has 5 heteroatoms. The lowest BCUT2D eigenvalue weighted by molar-refractivity contribution is 0.127. The number of rotatable bonds is 5. The van der Waals surface area contributed by atoms with E-state index in [4.69, 9.17) is 5.11 Å². The Morgan fingerprint density at radius 1 is 1.00 bits per heavy atom. The smallest absolute Gasteiger partial charge is 0.404 e. The Kier molecular flexibility index (Phi) is 5.10. The minimum atomic E-state index is -0.944. The Labute approximate surface area is 136 Å². The first-order chi connectivity index (χ1) is 11.2. The molecule has 122 valence electrons. The Balaban J connectivity index is 1.49. The summed E-state index contributed by atoms with van der Waals surface area (Å²) in [6, 6.07) is 15.1. The maximum atomic E-state index is 10.5. The first kappa shape index (κ1) is 15.8. The molecule has 0 aromatic heterocycles. The van der Waals surface area contributed by atoms with E-state index < -0.39 is 6.09 Å². The van der Waals surface area contributed by atoms with Crippen molar-refractivity contribution in [3.8, 4) is 0 Å². The van der Waals surface area contributed by atoms with E-state index in [0.29, 0.717) is 6.54 Å². The monoisotopic (exact) mass is 313 g/mol. The van der Waals surface area contributed by atoms with Crippen molar-refractivity contribution < 1.29 is 9.90 Å². The van der Waals surface area contributed by atoms with E-state index in [9.17, 15) is 4.79 Å². The van der Waals surface area contributed by atoms with Gasteiger partial charge in [0.25, 0.3) is 0 Å². The Bertz CT molecular complexity index is 666. The predicted octanol–water partition coefficient (Wildman–Crippen LogP) is 2.22. The highest BCUT2D eigenvalue weighted by atomic mass is 16.4. The van der Waals surface area contributed by atoms with Crippen LogP contribution in [0, 0.1) is 0 Å². The molecule has 0 aliphatic carbocycles. The summed E-state index contributed by atoms with van der Waals surface area (Å²) in [5, 5.41) is 13.6. The third-order valence-corrected chi connectivity index (χ3v) is 4.39. The number of carbonyl (C=O) groups is 1. The molecule has 1 saturated heterocycles. The van der Waals surface area contributed by atoms with Crippen LogP contribution < -0.4 is 5.32 Å². The molecule has 0 unspecified atom stereocenters. The van der Waals surface area contributed by atoms with Crippen LogP contribution in [-0.4, -0.2) is 60.3 Å². The zero-order chi connectivity index (χ0) is 16.1. The molecule has 2 aromatic carbocycles. The molecule has 0 spiro atoms. The molecule has 1 heterocycles. The quantitative estimate of drug-likeness (QED) is 0.889. The first-order valence-electron chi connectivity index (χ1n) is 8.10. The second-order valence-electron chi connectivity index (χ2n) is 6.03. The Morgan fingerprint density at radius 2 is 1.70 bits per heavy atom. The second kappa shape index (κ2) is 7.44. The molecule has 23 heavy (non-hydrogen) atoms. The molecule has 2 N–H and O–H groups in total.